The fraction of sp³-hybridized carbons (Fsp3) is 0.579. The molecule has 3 saturated heterocycles. The van der Waals surface area contributed by atoms with Crippen molar-refractivity contribution in [1.29, 1.82) is 0 Å². The van der Waals surface area contributed by atoms with E-state index in [2.05, 4.69) is 0 Å². The zero-order valence-corrected chi connectivity index (χ0v) is 15.3. The van der Waals surface area contributed by atoms with Gasteiger partial charge in [0.05, 0.1) is 0 Å². The van der Waals surface area contributed by atoms with Crippen molar-refractivity contribution in [2.24, 2.45) is 5.73 Å². The number of rotatable bonds is 6. The summed E-state index contributed by atoms with van der Waals surface area (Å²) in [4.78, 5) is 37.6. The lowest BCUT2D eigenvalue weighted by molar-refractivity contribution is -1.06. The zero-order chi connectivity index (χ0) is 18.9. The maximum absolute atomic E-state index is 13.3. The lowest BCUT2D eigenvalue weighted by Gasteiger charge is -2.38. The quantitative estimate of drug-likeness (QED) is 0.760. The molecule has 27 heavy (non-hydrogen) atoms. The molecule has 0 aliphatic carbocycles. The van der Waals surface area contributed by atoms with Gasteiger partial charge in [0.2, 0.25) is 6.04 Å². The number of hydrogen-bond donors (Lipinski definition) is 1. The largest absolute Gasteiger partial charge is 0.476 e. The Morgan fingerprint density at radius 1 is 1.19 bits per heavy atom. The summed E-state index contributed by atoms with van der Waals surface area (Å²) in [6.07, 6.45) is 2.46. The molecular weight excluding hydrogens is 350 g/mol. The van der Waals surface area contributed by atoms with Crippen molar-refractivity contribution in [3.8, 4) is 0 Å². The number of urea groups is 1. The number of ether oxygens (including phenoxy) is 1. The molecule has 8 nitrogen and oxygen atoms in total. The van der Waals surface area contributed by atoms with E-state index in [0.717, 1.165) is 5.56 Å². The van der Waals surface area contributed by atoms with Crippen molar-refractivity contribution in [2.75, 3.05) is 19.8 Å². The number of nitrogens with two attached hydrogens (primary N) is 1. The Hall–Kier alpha value is -2.00. The van der Waals surface area contributed by atoms with Gasteiger partial charge < -0.3 is 10.5 Å². The van der Waals surface area contributed by atoms with E-state index in [0.29, 0.717) is 52.0 Å². The first-order valence-electron chi connectivity index (χ1n) is 9.54. The third kappa shape index (κ3) is 3.45. The highest BCUT2D eigenvalue weighted by atomic mass is 16.8. The number of primary amides is 1. The molecule has 1 aromatic rings. The number of carbonyl (C=O) groups is 2. The predicted molar refractivity (Wildman–Crippen MR) is 94.5 cm³/mol. The van der Waals surface area contributed by atoms with E-state index in [4.69, 9.17) is 20.1 Å². The molecule has 2 N–H and O–H groups in total. The van der Waals surface area contributed by atoms with Crippen molar-refractivity contribution in [2.45, 2.75) is 50.5 Å². The molecule has 3 aliphatic rings. The maximum Gasteiger partial charge on any atom is 0.476 e. The van der Waals surface area contributed by atoms with Gasteiger partial charge in [-0.05, 0) is 12.0 Å². The molecule has 146 valence electrons. The number of hydroxylamine groups is 5. The monoisotopic (exact) mass is 376 g/mol. The first-order chi connectivity index (χ1) is 13.1. The lowest BCUT2D eigenvalue weighted by Crippen LogP contribution is -2.64. The highest BCUT2D eigenvalue weighted by Gasteiger charge is 2.65. The highest BCUT2D eigenvalue weighted by Crippen LogP contribution is 2.39. The first kappa shape index (κ1) is 18.4. The smallest absolute Gasteiger partial charge is 0.381 e. The molecule has 1 unspecified atom stereocenters. The summed E-state index contributed by atoms with van der Waals surface area (Å²) in [5.74, 6) is -0.501. The number of quaternary nitrogens is 1. The van der Waals surface area contributed by atoms with Crippen LogP contribution in [0.1, 0.15) is 31.2 Å². The third-order valence-corrected chi connectivity index (χ3v) is 5.65. The minimum atomic E-state index is -0.679. The second-order valence-corrected chi connectivity index (χ2v) is 7.41. The van der Waals surface area contributed by atoms with Crippen molar-refractivity contribution >= 4 is 11.9 Å². The molecule has 8 heteroatoms. The van der Waals surface area contributed by atoms with Crippen LogP contribution in [0.15, 0.2) is 30.3 Å². The molecule has 3 amide bonds. The van der Waals surface area contributed by atoms with Crippen molar-refractivity contribution in [3.05, 3.63) is 35.9 Å². The molecule has 2 bridgehead atoms. The molecule has 4 rings (SSSR count). The van der Waals surface area contributed by atoms with Crippen LogP contribution in [0.2, 0.25) is 0 Å². The zero-order valence-electron chi connectivity index (χ0n) is 15.3. The summed E-state index contributed by atoms with van der Waals surface area (Å²) in [7, 11) is 0. The summed E-state index contributed by atoms with van der Waals surface area (Å²) in [6.45, 7) is 1.87. The van der Waals surface area contributed by atoms with Crippen molar-refractivity contribution in [3.63, 3.8) is 0 Å². The van der Waals surface area contributed by atoms with E-state index < -0.39 is 11.9 Å². The van der Waals surface area contributed by atoms with Crippen LogP contribution in [-0.4, -0.2) is 59.6 Å². The Bertz CT molecular complexity index is 694. The van der Waals surface area contributed by atoms with Crippen LogP contribution >= 0.6 is 0 Å². The van der Waals surface area contributed by atoms with Crippen LogP contribution in [-0.2, 0) is 25.8 Å². The van der Waals surface area contributed by atoms with Gasteiger partial charge in [-0.3, -0.25) is 9.63 Å². The van der Waals surface area contributed by atoms with E-state index in [-0.39, 0.29) is 22.8 Å². The predicted octanol–water partition coefficient (Wildman–Crippen LogP) is 1.50. The number of carbonyl (C=O) groups excluding carboxylic acids is 2. The van der Waals surface area contributed by atoms with E-state index in [9.17, 15) is 9.59 Å². The number of piperidine rings is 1. The molecule has 3 atom stereocenters. The Kier molecular flexibility index (Phi) is 5.14. The Balaban J connectivity index is 1.54. The molecule has 0 saturated carbocycles. The summed E-state index contributed by atoms with van der Waals surface area (Å²) in [6, 6.07) is 8.56. The first-order valence-corrected chi connectivity index (χ1v) is 9.54. The van der Waals surface area contributed by atoms with Gasteiger partial charge in [-0.2, -0.15) is 9.90 Å². The van der Waals surface area contributed by atoms with Crippen LogP contribution in [0, 0.1) is 0 Å². The normalized spacial score (nSPS) is 31.3. The van der Waals surface area contributed by atoms with Gasteiger partial charge >= 0.3 is 6.03 Å². The molecule has 0 spiro atoms. The number of fused-ring (bicyclic) bond motifs is 2. The van der Waals surface area contributed by atoms with E-state index in [1.54, 1.807) is 0 Å². The van der Waals surface area contributed by atoms with Crippen LogP contribution < -0.4 is 5.73 Å². The Labute approximate surface area is 158 Å². The van der Waals surface area contributed by atoms with Crippen molar-refractivity contribution in [1.82, 2.24) is 5.06 Å². The molecule has 3 aliphatic heterocycles. The Morgan fingerprint density at radius 2 is 1.93 bits per heavy atom. The average Bonchev–Trinajstić information content (AvgIpc) is 2.88. The molecule has 1 aromatic carbocycles. The Morgan fingerprint density at radius 3 is 2.63 bits per heavy atom. The van der Waals surface area contributed by atoms with Gasteiger partial charge in [0.1, 0.15) is 25.3 Å². The minimum absolute atomic E-state index is 0.114. The topological polar surface area (TPSA) is 91.1 Å². The third-order valence-electron chi connectivity index (χ3n) is 5.65. The van der Waals surface area contributed by atoms with Gasteiger partial charge in [0, 0.05) is 32.5 Å². The molecule has 0 aromatic heterocycles. The number of nitrogens with zero attached hydrogens (tertiary/aromatic N) is 2. The second kappa shape index (κ2) is 7.55. The summed E-state index contributed by atoms with van der Waals surface area (Å²) >= 11 is 0. The van der Waals surface area contributed by atoms with Gasteiger partial charge in [-0.25, -0.2) is 4.79 Å². The average molecular weight is 376 g/mol. The van der Waals surface area contributed by atoms with Crippen molar-refractivity contribution < 1.29 is 28.6 Å². The fourth-order valence-corrected chi connectivity index (χ4v) is 4.25. The maximum atomic E-state index is 13.3. The molecule has 0 radical (unpaired) electrons. The van der Waals surface area contributed by atoms with Crippen LogP contribution in [0.4, 0.5) is 4.79 Å². The minimum Gasteiger partial charge on any atom is -0.381 e. The van der Waals surface area contributed by atoms with Gasteiger partial charge in [-0.15, -0.1) is 0 Å². The number of hydrogen-bond acceptors (Lipinski definition) is 5. The van der Waals surface area contributed by atoms with Crippen LogP contribution in [0.25, 0.3) is 0 Å². The fourth-order valence-electron chi connectivity index (χ4n) is 4.25. The lowest BCUT2D eigenvalue weighted by atomic mass is 10.00. The molecular formula is C19H26N3O5+. The SMILES string of the molecule is NC(=O)[C@@H]1CC[C@@H]2C[N+]1(OC1CCOCC1)C(=O)N2OCc1ccccc1. The molecule has 3 fully saturated rings. The second-order valence-electron chi connectivity index (χ2n) is 7.41. The molecule has 3 heterocycles. The summed E-state index contributed by atoms with van der Waals surface area (Å²) in [5.41, 5.74) is 6.62. The van der Waals surface area contributed by atoms with E-state index in [1.165, 1.54) is 5.06 Å². The van der Waals surface area contributed by atoms with E-state index >= 15 is 0 Å². The van der Waals surface area contributed by atoms with Gasteiger partial charge in [0.25, 0.3) is 5.91 Å². The van der Waals surface area contributed by atoms with Crippen LogP contribution in [0.3, 0.4) is 0 Å². The van der Waals surface area contributed by atoms with Gasteiger partial charge in [-0.1, -0.05) is 35.0 Å². The van der Waals surface area contributed by atoms with E-state index in [1.807, 2.05) is 30.3 Å². The standard InChI is InChI=1S/C19H25N3O5/c20-18(23)17-7-6-15-12-22(17,27-16-8-10-25-11-9-16)19(24)21(15)26-13-14-4-2-1-3-5-14/h1-5,15-17H,6-13H2,(H-,20,23)/p+1/t15-,17+,22?/m1/s1. The number of amides is 3. The number of benzene rings is 1. The summed E-state index contributed by atoms with van der Waals surface area (Å²) < 4.78 is 5.00. The highest BCUT2D eigenvalue weighted by molar-refractivity contribution is 5.82. The summed E-state index contributed by atoms with van der Waals surface area (Å²) in [5, 5.41) is 1.41. The van der Waals surface area contributed by atoms with Crippen LogP contribution in [0.5, 0.6) is 0 Å². The van der Waals surface area contributed by atoms with Gasteiger partial charge in [0.15, 0.2) is 0 Å².